The molecule has 1 heterocycles. The summed E-state index contributed by atoms with van der Waals surface area (Å²) in [4.78, 5) is 0. The summed E-state index contributed by atoms with van der Waals surface area (Å²) in [6, 6.07) is 1.34. The molecule has 0 aromatic carbocycles. The molecule has 84 valence electrons. The van der Waals surface area contributed by atoms with Gasteiger partial charge in [-0.05, 0) is 17.0 Å². The molecule has 0 saturated carbocycles. The van der Waals surface area contributed by atoms with Gasteiger partial charge in [0.25, 0.3) is 0 Å². The molecule has 2 heteroatoms. The topological polar surface area (TPSA) is 26.0 Å². The smallest absolute Gasteiger partial charge is 0.125 e. The Labute approximate surface area is 90.5 Å². The zero-order valence-corrected chi connectivity index (χ0v) is 11.4. The second-order valence-electron chi connectivity index (χ2n) is 5.87. The van der Waals surface area contributed by atoms with Gasteiger partial charge in [-0.1, -0.05) is 59.4 Å². The van der Waals surface area contributed by atoms with E-state index in [0.29, 0.717) is 5.04 Å². The fourth-order valence-electron chi connectivity index (χ4n) is 2.82. The van der Waals surface area contributed by atoms with E-state index in [0.717, 1.165) is 5.92 Å². The average Bonchev–Trinajstić information content (AvgIpc) is 2.08. The zero-order valence-electron chi connectivity index (χ0n) is 10.4. The van der Waals surface area contributed by atoms with Gasteiger partial charge in [-0.3, -0.25) is 0 Å². The van der Waals surface area contributed by atoms with Crippen LogP contribution in [0.1, 0.15) is 52.9 Å². The molecule has 2 N–H and O–H groups in total. The molecular weight excluding hydrogens is 186 g/mol. The quantitative estimate of drug-likeness (QED) is 0.707. The van der Waals surface area contributed by atoms with Crippen molar-refractivity contribution < 1.29 is 0 Å². The van der Waals surface area contributed by atoms with Crippen molar-refractivity contribution in [2.45, 2.75) is 70.5 Å². The lowest BCUT2D eigenvalue weighted by Crippen LogP contribution is -2.56. The van der Waals surface area contributed by atoms with E-state index in [1.807, 2.05) is 0 Å². The molecule has 1 nitrogen and oxygen atoms in total. The van der Waals surface area contributed by atoms with Crippen LogP contribution < -0.4 is 5.40 Å². The molecule has 1 saturated heterocycles. The van der Waals surface area contributed by atoms with Gasteiger partial charge in [0.2, 0.25) is 0 Å². The van der Waals surface area contributed by atoms with E-state index in [1.165, 1.54) is 38.1 Å². The van der Waals surface area contributed by atoms with Crippen molar-refractivity contribution in [2.75, 3.05) is 0 Å². The van der Waals surface area contributed by atoms with Crippen LogP contribution in [0, 0.1) is 5.92 Å². The van der Waals surface area contributed by atoms with E-state index in [1.54, 1.807) is 0 Å². The Bertz CT molecular complexity index is 187. The molecule has 0 radical (unpaired) electrons. The van der Waals surface area contributed by atoms with Gasteiger partial charge in [0.05, 0.1) is 0 Å². The van der Waals surface area contributed by atoms with Crippen molar-refractivity contribution in [3.63, 3.8) is 0 Å². The van der Waals surface area contributed by atoms with Gasteiger partial charge >= 0.3 is 0 Å². The van der Waals surface area contributed by atoms with Crippen LogP contribution in [-0.4, -0.2) is 8.24 Å². The number of hydrogen-bond acceptors (Lipinski definition) is 1. The first kappa shape index (κ1) is 12.2. The van der Waals surface area contributed by atoms with Crippen LogP contribution in [-0.2, 0) is 0 Å². The highest BCUT2D eigenvalue weighted by molar-refractivity contribution is 6.78. The highest BCUT2D eigenvalue weighted by atomic mass is 28.3. The Balaban J connectivity index is 2.66. The molecular formula is C12H27NSi. The minimum atomic E-state index is -1.43. The first-order valence-corrected chi connectivity index (χ1v) is 8.99. The van der Waals surface area contributed by atoms with E-state index in [4.69, 9.17) is 5.40 Å². The Kier molecular flexibility index (Phi) is 3.81. The van der Waals surface area contributed by atoms with Crippen LogP contribution in [0.2, 0.25) is 17.6 Å². The Morgan fingerprint density at radius 2 is 2.07 bits per heavy atom. The maximum Gasteiger partial charge on any atom is 0.125 e. The van der Waals surface area contributed by atoms with Crippen molar-refractivity contribution in [3.05, 3.63) is 0 Å². The molecule has 14 heavy (non-hydrogen) atoms. The summed E-state index contributed by atoms with van der Waals surface area (Å²) in [5, 5.41) is 7.02. The third-order valence-electron chi connectivity index (χ3n) is 4.65. The average molecular weight is 213 g/mol. The van der Waals surface area contributed by atoms with Crippen molar-refractivity contribution in [1.29, 1.82) is 0 Å². The van der Waals surface area contributed by atoms with Crippen LogP contribution in [0.5, 0.6) is 0 Å². The molecule has 2 atom stereocenters. The normalized spacial score (nSPS) is 37.1. The van der Waals surface area contributed by atoms with Crippen LogP contribution in [0.15, 0.2) is 0 Å². The Hall–Kier alpha value is 0.177. The van der Waals surface area contributed by atoms with Gasteiger partial charge in [0, 0.05) is 0 Å². The summed E-state index contributed by atoms with van der Waals surface area (Å²) in [5.74, 6) is 0.901. The van der Waals surface area contributed by atoms with E-state index >= 15 is 0 Å². The van der Waals surface area contributed by atoms with Crippen molar-refractivity contribution in [1.82, 2.24) is 0 Å². The molecule has 1 fully saturated rings. The summed E-state index contributed by atoms with van der Waals surface area (Å²) in [6.07, 6.45) is 6.93. The Morgan fingerprint density at radius 3 is 2.64 bits per heavy atom. The number of unbranched alkanes of at least 4 members (excludes halogenated alkanes) is 1. The molecule has 1 rings (SSSR count). The zero-order chi connectivity index (χ0) is 10.8. The van der Waals surface area contributed by atoms with Gasteiger partial charge in [-0.2, -0.15) is 0 Å². The number of nitrogens with two attached hydrogens (primary N) is 1. The minimum absolute atomic E-state index is 0.459. The molecule has 0 aliphatic carbocycles. The standard InChI is InChI=1S/C12H27NSi/c1-5-6-8-11-9-7-10-14(4,13)12(11,2)3/h11H,5-10,13H2,1-4H3. The van der Waals surface area contributed by atoms with Crippen molar-refractivity contribution >= 4 is 8.24 Å². The van der Waals surface area contributed by atoms with E-state index < -0.39 is 8.24 Å². The highest BCUT2D eigenvalue weighted by Gasteiger charge is 2.47. The van der Waals surface area contributed by atoms with Crippen molar-refractivity contribution in [2.24, 2.45) is 11.3 Å². The van der Waals surface area contributed by atoms with Gasteiger partial charge < -0.3 is 5.40 Å². The van der Waals surface area contributed by atoms with E-state index in [-0.39, 0.29) is 0 Å². The predicted octanol–water partition coefficient (Wildman–Crippen LogP) is 3.90. The van der Waals surface area contributed by atoms with Crippen molar-refractivity contribution in [3.8, 4) is 0 Å². The molecule has 1 aliphatic heterocycles. The van der Waals surface area contributed by atoms with Gasteiger partial charge in [-0.25, -0.2) is 0 Å². The lowest BCUT2D eigenvalue weighted by molar-refractivity contribution is 0.307. The van der Waals surface area contributed by atoms with E-state index in [2.05, 4.69) is 27.3 Å². The molecule has 0 bridgehead atoms. The summed E-state index contributed by atoms with van der Waals surface area (Å²) in [7, 11) is -1.43. The second kappa shape index (κ2) is 4.36. The van der Waals surface area contributed by atoms with Crippen LogP contribution >= 0.6 is 0 Å². The maximum atomic E-state index is 6.56. The number of rotatable bonds is 3. The van der Waals surface area contributed by atoms with Crippen LogP contribution in [0.25, 0.3) is 0 Å². The highest BCUT2D eigenvalue weighted by Crippen LogP contribution is 2.51. The third-order valence-corrected chi connectivity index (χ3v) is 9.39. The first-order valence-electron chi connectivity index (χ1n) is 6.20. The summed E-state index contributed by atoms with van der Waals surface area (Å²) < 4.78 is 0. The summed E-state index contributed by atoms with van der Waals surface area (Å²) in [5.41, 5.74) is 0. The molecule has 0 amide bonds. The third kappa shape index (κ3) is 2.22. The van der Waals surface area contributed by atoms with Gasteiger partial charge in [0.15, 0.2) is 0 Å². The van der Waals surface area contributed by atoms with E-state index in [9.17, 15) is 0 Å². The lowest BCUT2D eigenvalue weighted by Gasteiger charge is -2.49. The van der Waals surface area contributed by atoms with Crippen LogP contribution in [0.3, 0.4) is 0 Å². The summed E-state index contributed by atoms with van der Waals surface area (Å²) in [6.45, 7) is 9.53. The second-order valence-corrected chi connectivity index (χ2v) is 10.5. The molecule has 0 spiro atoms. The predicted molar refractivity (Wildman–Crippen MR) is 66.9 cm³/mol. The Morgan fingerprint density at radius 1 is 1.43 bits per heavy atom. The largest absolute Gasteiger partial charge is 0.350 e. The molecule has 0 aromatic rings. The monoisotopic (exact) mass is 213 g/mol. The van der Waals surface area contributed by atoms with Crippen LogP contribution in [0.4, 0.5) is 0 Å². The molecule has 2 unspecified atom stereocenters. The lowest BCUT2D eigenvalue weighted by atomic mass is 9.85. The fourth-order valence-corrected chi connectivity index (χ4v) is 5.62. The molecule has 1 aliphatic rings. The summed E-state index contributed by atoms with van der Waals surface area (Å²) >= 11 is 0. The van der Waals surface area contributed by atoms with Gasteiger partial charge in [-0.15, -0.1) is 0 Å². The van der Waals surface area contributed by atoms with Gasteiger partial charge in [0.1, 0.15) is 8.24 Å². The minimum Gasteiger partial charge on any atom is -0.350 e. The molecule has 0 aromatic heterocycles. The SMILES string of the molecule is CCCCC1CCC[Si](C)(N)C1(C)C. The number of hydrogen-bond donors (Lipinski definition) is 1. The maximum absolute atomic E-state index is 6.56. The fraction of sp³-hybridized carbons (Fsp3) is 1.00. The first-order chi connectivity index (χ1) is 6.42.